The third-order valence-corrected chi connectivity index (χ3v) is 3.90. The van der Waals surface area contributed by atoms with Crippen molar-refractivity contribution in [1.82, 2.24) is 9.13 Å². The molecule has 0 radical (unpaired) electrons. The summed E-state index contributed by atoms with van der Waals surface area (Å²) in [7, 11) is 1.31. The zero-order valence-electron chi connectivity index (χ0n) is 13.3. The maximum absolute atomic E-state index is 13.5. The number of carbonyl (C=O) groups is 1. The van der Waals surface area contributed by atoms with Gasteiger partial charge in [0.25, 0.3) is 5.56 Å². The van der Waals surface area contributed by atoms with E-state index in [1.807, 2.05) is 0 Å². The van der Waals surface area contributed by atoms with Gasteiger partial charge < -0.3 is 14.9 Å². The van der Waals surface area contributed by atoms with Crippen LogP contribution in [0.15, 0.2) is 27.3 Å². The molecule has 1 aromatic carbocycles. The number of nitrogens with zero attached hydrogens (tertiary/aromatic N) is 2. The number of hydrogen-bond acceptors (Lipinski definition) is 5. The van der Waals surface area contributed by atoms with Gasteiger partial charge in [-0.1, -0.05) is 0 Å². The van der Waals surface area contributed by atoms with Crippen molar-refractivity contribution in [3.8, 4) is 11.6 Å². The quantitative estimate of drug-likeness (QED) is 0.816. The summed E-state index contributed by atoms with van der Waals surface area (Å²) in [5, 5.41) is 18.2. The van der Waals surface area contributed by atoms with Crippen LogP contribution < -0.4 is 16.0 Å². The first-order valence-corrected chi connectivity index (χ1v) is 7.28. The first kappa shape index (κ1) is 17.4. The first-order valence-electron chi connectivity index (χ1n) is 7.28. The molecule has 1 aliphatic heterocycles. The van der Waals surface area contributed by atoms with E-state index in [4.69, 9.17) is 14.9 Å². The minimum atomic E-state index is -1.28. The molecule has 0 bridgehead atoms. The molecule has 0 amide bonds. The number of aromatic nitrogens is 2. The smallest absolute Gasteiger partial charge is 0.335 e. The summed E-state index contributed by atoms with van der Waals surface area (Å²) < 4.78 is 33.8. The molecule has 0 atom stereocenters. The van der Waals surface area contributed by atoms with Crippen LogP contribution in [-0.2, 0) is 18.4 Å². The van der Waals surface area contributed by atoms with Gasteiger partial charge in [-0.15, -0.1) is 0 Å². The molecule has 0 saturated heterocycles. The van der Waals surface area contributed by atoms with Crippen LogP contribution in [-0.4, -0.2) is 31.9 Å². The molecule has 2 aromatic rings. The summed E-state index contributed by atoms with van der Waals surface area (Å²) in [6, 6.07) is 1.58. The molecule has 1 aromatic heterocycles. The number of aromatic hydroxyl groups is 1. The van der Waals surface area contributed by atoms with Gasteiger partial charge in [-0.05, 0) is 23.8 Å². The normalized spacial score (nSPS) is 13.0. The molecule has 10 heteroatoms. The molecule has 1 aliphatic rings. The van der Waals surface area contributed by atoms with Crippen molar-refractivity contribution in [3.05, 3.63) is 61.3 Å². The van der Waals surface area contributed by atoms with Gasteiger partial charge in [0.2, 0.25) is 5.88 Å². The second-order valence-corrected chi connectivity index (χ2v) is 5.62. The molecular formula is C16H12F2N2O6. The van der Waals surface area contributed by atoms with E-state index < -0.39 is 41.1 Å². The van der Waals surface area contributed by atoms with Crippen molar-refractivity contribution in [3.63, 3.8) is 0 Å². The van der Waals surface area contributed by atoms with E-state index >= 15 is 0 Å². The van der Waals surface area contributed by atoms with E-state index in [1.54, 1.807) is 0 Å². The molecule has 0 saturated carbocycles. The molecule has 136 valence electrons. The molecule has 0 fully saturated rings. The van der Waals surface area contributed by atoms with Crippen molar-refractivity contribution in [2.75, 3.05) is 6.61 Å². The monoisotopic (exact) mass is 366 g/mol. The summed E-state index contributed by atoms with van der Waals surface area (Å²) in [5.74, 6) is -5.01. The standard InChI is InChI=1S/C16H12F2N2O6/c1-19-14-9(4-8(6-26-14)15(23)24)13(22)20(16(19)25)5-7-2-10(17)12(21)11(18)3-7/h2-4,21H,5-6H2,1H3,(H,23,24). The Morgan fingerprint density at radius 2 is 1.88 bits per heavy atom. The van der Waals surface area contributed by atoms with Crippen LogP contribution in [0.2, 0.25) is 0 Å². The number of benzene rings is 1. The van der Waals surface area contributed by atoms with E-state index in [1.165, 1.54) is 7.05 Å². The Bertz CT molecular complexity index is 1060. The Labute approximate surface area is 143 Å². The number of aliphatic carboxylic acids is 1. The van der Waals surface area contributed by atoms with Gasteiger partial charge in [-0.25, -0.2) is 18.4 Å². The van der Waals surface area contributed by atoms with Crippen molar-refractivity contribution in [2.24, 2.45) is 7.05 Å². The molecule has 3 rings (SSSR count). The molecular weight excluding hydrogens is 354 g/mol. The largest absolute Gasteiger partial charge is 0.503 e. The first-order chi connectivity index (χ1) is 12.2. The highest BCUT2D eigenvalue weighted by Gasteiger charge is 2.24. The summed E-state index contributed by atoms with van der Waals surface area (Å²) in [6.07, 6.45) is 1.09. The van der Waals surface area contributed by atoms with Gasteiger partial charge in [0, 0.05) is 7.05 Å². The molecule has 0 unspecified atom stereocenters. The highest BCUT2D eigenvalue weighted by Crippen LogP contribution is 2.23. The van der Waals surface area contributed by atoms with Crippen LogP contribution in [0.4, 0.5) is 8.78 Å². The van der Waals surface area contributed by atoms with E-state index in [0.29, 0.717) is 4.57 Å². The van der Waals surface area contributed by atoms with Gasteiger partial charge >= 0.3 is 11.7 Å². The third-order valence-electron chi connectivity index (χ3n) is 3.90. The molecule has 26 heavy (non-hydrogen) atoms. The molecule has 0 aliphatic carbocycles. The lowest BCUT2D eigenvalue weighted by atomic mass is 10.1. The summed E-state index contributed by atoms with van der Waals surface area (Å²) >= 11 is 0. The second kappa shape index (κ2) is 6.14. The highest BCUT2D eigenvalue weighted by molar-refractivity contribution is 5.93. The Hall–Kier alpha value is -3.43. The highest BCUT2D eigenvalue weighted by atomic mass is 19.1. The van der Waals surface area contributed by atoms with E-state index in [-0.39, 0.29) is 29.2 Å². The molecule has 0 spiro atoms. The number of hydrogen-bond donors (Lipinski definition) is 2. The minimum absolute atomic E-state index is 0.0730. The maximum atomic E-state index is 13.5. The number of fused-ring (bicyclic) bond motifs is 1. The molecule has 2 heterocycles. The van der Waals surface area contributed by atoms with E-state index in [0.717, 1.165) is 22.8 Å². The Kier molecular flexibility index (Phi) is 4.10. The van der Waals surface area contributed by atoms with Crippen LogP contribution in [0.3, 0.4) is 0 Å². The number of phenolic OH excluding ortho intramolecular Hbond substituents is 1. The number of halogens is 2. The summed E-state index contributed by atoms with van der Waals surface area (Å²) in [4.78, 5) is 36.1. The number of carboxylic acids is 1. The predicted molar refractivity (Wildman–Crippen MR) is 84.2 cm³/mol. The Morgan fingerprint density at radius 1 is 1.27 bits per heavy atom. The number of phenols is 1. The number of ether oxygens (including phenoxy) is 1. The molecule has 2 N–H and O–H groups in total. The SMILES string of the molecule is Cn1c2c(c(=O)n(Cc3cc(F)c(O)c(F)c3)c1=O)C=C(C(=O)O)CO2. The lowest BCUT2D eigenvalue weighted by molar-refractivity contribution is -0.133. The van der Waals surface area contributed by atoms with Gasteiger partial charge in [0.15, 0.2) is 17.4 Å². The number of rotatable bonds is 3. The van der Waals surface area contributed by atoms with Gasteiger partial charge in [-0.3, -0.25) is 13.9 Å². The van der Waals surface area contributed by atoms with Crippen molar-refractivity contribution in [1.29, 1.82) is 0 Å². The van der Waals surface area contributed by atoms with E-state index in [2.05, 4.69) is 0 Å². The lowest BCUT2D eigenvalue weighted by Crippen LogP contribution is -2.42. The fourth-order valence-electron chi connectivity index (χ4n) is 2.59. The lowest BCUT2D eigenvalue weighted by Gasteiger charge is -2.19. The van der Waals surface area contributed by atoms with Crippen molar-refractivity contribution in [2.45, 2.75) is 6.54 Å². The minimum Gasteiger partial charge on any atom is -0.503 e. The average molecular weight is 366 g/mol. The van der Waals surface area contributed by atoms with E-state index in [9.17, 15) is 23.2 Å². The fraction of sp³-hybridized carbons (Fsp3) is 0.188. The summed E-state index contributed by atoms with van der Waals surface area (Å²) in [6.45, 7) is -0.795. The van der Waals surface area contributed by atoms with Crippen LogP contribution in [0.5, 0.6) is 11.6 Å². The van der Waals surface area contributed by atoms with Crippen LogP contribution in [0.1, 0.15) is 11.1 Å². The maximum Gasteiger partial charge on any atom is 0.335 e. The van der Waals surface area contributed by atoms with Crippen LogP contribution in [0, 0.1) is 11.6 Å². The van der Waals surface area contributed by atoms with Gasteiger partial charge in [0.1, 0.15) is 12.2 Å². The van der Waals surface area contributed by atoms with Crippen molar-refractivity contribution >= 4 is 12.0 Å². The second-order valence-electron chi connectivity index (χ2n) is 5.62. The summed E-state index contributed by atoms with van der Waals surface area (Å²) in [5.41, 5.74) is -2.08. The zero-order chi connectivity index (χ0) is 19.2. The Balaban J connectivity index is 2.17. The van der Waals surface area contributed by atoms with Crippen LogP contribution in [0.25, 0.3) is 6.08 Å². The fourth-order valence-corrected chi connectivity index (χ4v) is 2.59. The van der Waals surface area contributed by atoms with Crippen LogP contribution >= 0.6 is 0 Å². The molecule has 8 nitrogen and oxygen atoms in total. The number of carboxylic acid groups (broad SMARTS) is 1. The average Bonchev–Trinajstić information content (AvgIpc) is 2.60. The Morgan fingerprint density at radius 3 is 2.46 bits per heavy atom. The third kappa shape index (κ3) is 2.75. The van der Waals surface area contributed by atoms with Crippen molar-refractivity contribution < 1.29 is 28.5 Å². The zero-order valence-corrected chi connectivity index (χ0v) is 13.3. The predicted octanol–water partition coefficient (Wildman–Crippen LogP) is 0.439. The van der Waals surface area contributed by atoms with Gasteiger partial charge in [-0.2, -0.15) is 0 Å². The van der Waals surface area contributed by atoms with Gasteiger partial charge in [0.05, 0.1) is 12.1 Å². The topological polar surface area (TPSA) is 111 Å².